The molecule has 4 rings (SSSR count). The van der Waals surface area contributed by atoms with E-state index in [9.17, 15) is 14.0 Å². The molecule has 0 bridgehead atoms. The summed E-state index contributed by atoms with van der Waals surface area (Å²) in [6, 6.07) is 2.97. The largest absolute Gasteiger partial charge is 0.381 e. The van der Waals surface area contributed by atoms with Crippen LogP contribution in [-0.4, -0.2) is 60.1 Å². The van der Waals surface area contributed by atoms with Crippen LogP contribution in [0.3, 0.4) is 0 Å². The number of amides is 3. The maximum atomic E-state index is 14.2. The number of piperidine rings is 1. The zero-order chi connectivity index (χ0) is 21.3. The van der Waals surface area contributed by atoms with Crippen LogP contribution in [0.2, 0.25) is 5.02 Å². The monoisotopic (exact) mass is 437 g/mol. The van der Waals surface area contributed by atoms with E-state index < -0.39 is 5.82 Å². The Morgan fingerprint density at radius 3 is 2.77 bits per heavy atom. The van der Waals surface area contributed by atoms with Gasteiger partial charge in [0.25, 0.3) is 0 Å². The summed E-state index contributed by atoms with van der Waals surface area (Å²) in [6.07, 6.45) is 4.49. The number of hydrogen-bond acceptors (Lipinski definition) is 3. The number of likely N-dealkylation sites (tertiary alicyclic amines) is 1. The van der Waals surface area contributed by atoms with Gasteiger partial charge in [-0.2, -0.15) is 0 Å². The highest BCUT2D eigenvalue weighted by atomic mass is 35.5. The second kappa shape index (κ2) is 9.10. The summed E-state index contributed by atoms with van der Waals surface area (Å²) in [4.78, 5) is 29.6. The summed E-state index contributed by atoms with van der Waals surface area (Å²) >= 11 is 5.96. The number of hydrogen-bond donors (Lipinski definition) is 1. The number of aryl methyl sites for hydroxylation is 1. The number of carbonyl (C=O) groups excluding carboxylic acids is 2. The van der Waals surface area contributed by atoms with Crippen molar-refractivity contribution in [3.05, 3.63) is 34.1 Å². The first-order valence-corrected chi connectivity index (χ1v) is 11.2. The summed E-state index contributed by atoms with van der Waals surface area (Å²) < 4.78 is 19.6. The highest BCUT2D eigenvalue weighted by Gasteiger charge is 2.40. The SMILES string of the molecule is Cc1cc(CNC(=O)N(C2CC2)[C@@H]2CCCN(C(=O)[C@@H]3CCOC3)C2)c(F)cc1Cl. The molecule has 1 aromatic carbocycles. The third kappa shape index (κ3) is 4.72. The lowest BCUT2D eigenvalue weighted by atomic mass is 10.0. The number of nitrogens with one attached hydrogen (secondary N) is 1. The van der Waals surface area contributed by atoms with Gasteiger partial charge in [0.15, 0.2) is 0 Å². The first-order chi connectivity index (χ1) is 14.4. The van der Waals surface area contributed by atoms with Gasteiger partial charge in [-0.05, 0) is 56.7 Å². The van der Waals surface area contributed by atoms with Crippen LogP contribution >= 0.6 is 11.6 Å². The van der Waals surface area contributed by atoms with E-state index in [1.165, 1.54) is 6.07 Å². The molecule has 6 nitrogen and oxygen atoms in total. The molecule has 2 heterocycles. The highest BCUT2D eigenvalue weighted by Crippen LogP contribution is 2.32. The van der Waals surface area contributed by atoms with E-state index >= 15 is 0 Å². The van der Waals surface area contributed by atoms with E-state index in [0.29, 0.717) is 30.3 Å². The minimum atomic E-state index is -0.419. The number of carbonyl (C=O) groups is 2. The molecule has 1 N–H and O–H groups in total. The average Bonchev–Trinajstić information content (AvgIpc) is 3.40. The molecule has 164 valence electrons. The lowest BCUT2D eigenvalue weighted by Gasteiger charge is -2.40. The van der Waals surface area contributed by atoms with E-state index in [4.69, 9.17) is 16.3 Å². The summed E-state index contributed by atoms with van der Waals surface area (Å²) in [6.45, 7) is 4.37. The molecule has 1 aliphatic carbocycles. The molecule has 8 heteroatoms. The van der Waals surface area contributed by atoms with Crippen LogP contribution in [0.15, 0.2) is 12.1 Å². The third-order valence-corrected chi connectivity index (χ3v) is 6.72. The number of ether oxygens (including phenoxy) is 1. The Labute approximate surface area is 181 Å². The van der Waals surface area contributed by atoms with Gasteiger partial charge in [0.1, 0.15) is 5.82 Å². The second-order valence-corrected chi connectivity index (χ2v) is 9.04. The van der Waals surface area contributed by atoms with Crippen molar-refractivity contribution in [3.63, 3.8) is 0 Å². The predicted molar refractivity (Wildman–Crippen MR) is 112 cm³/mol. The fraction of sp³-hybridized carbons (Fsp3) is 0.636. The minimum Gasteiger partial charge on any atom is -0.381 e. The van der Waals surface area contributed by atoms with Crippen molar-refractivity contribution in [2.45, 2.75) is 57.7 Å². The Hall–Kier alpha value is -1.86. The summed E-state index contributed by atoms with van der Waals surface area (Å²) in [5.41, 5.74) is 1.20. The van der Waals surface area contributed by atoms with Gasteiger partial charge >= 0.3 is 6.03 Å². The lowest BCUT2D eigenvalue weighted by molar-refractivity contribution is -0.137. The Kier molecular flexibility index (Phi) is 6.48. The van der Waals surface area contributed by atoms with Crippen LogP contribution in [0.25, 0.3) is 0 Å². The molecule has 1 aromatic rings. The van der Waals surface area contributed by atoms with E-state index in [-0.39, 0.29) is 36.5 Å². The van der Waals surface area contributed by atoms with E-state index in [0.717, 1.165) is 44.2 Å². The standard InChI is InChI=1S/C22H29ClFN3O3/c1-14-9-16(20(24)10-19(14)23)11-25-22(29)27(17-4-5-17)18-3-2-7-26(12-18)21(28)15-6-8-30-13-15/h9-10,15,17-18H,2-8,11-13H2,1H3,(H,25,29)/t15-,18-/m1/s1. The van der Waals surface area contributed by atoms with Crippen molar-refractivity contribution in [1.82, 2.24) is 15.1 Å². The molecule has 0 aromatic heterocycles. The molecule has 1 saturated carbocycles. The highest BCUT2D eigenvalue weighted by molar-refractivity contribution is 6.31. The van der Waals surface area contributed by atoms with Crippen LogP contribution in [0.1, 0.15) is 43.2 Å². The molecule has 2 atom stereocenters. The van der Waals surface area contributed by atoms with Crippen molar-refractivity contribution in [2.75, 3.05) is 26.3 Å². The summed E-state index contributed by atoms with van der Waals surface area (Å²) in [5.74, 6) is -0.327. The molecule has 0 radical (unpaired) electrons. The van der Waals surface area contributed by atoms with Crippen molar-refractivity contribution >= 4 is 23.5 Å². The van der Waals surface area contributed by atoms with Gasteiger partial charge in [-0.15, -0.1) is 0 Å². The Bertz CT molecular complexity index is 811. The van der Waals surface area contributed by atoms with E-state index in [1.54, 1.807) is 6.07 Å². The maximum Gasteiger partial charge on any atom is 0.318 e. The lowest BCUT2D eigenvalue weighted by Crippen LogP contribution is -2.55. The van der Waals surface area contributed by atoms with E-state index in [2.05, 4.69) is 5.32 Å². The van der Waals surface area contributed by atoms with Crippen LogP contribution in [-0.2, 0) is 16.1 Å². The zero-order valence-electron chi connectivity index (χ0n) is 17.3. The molecule has 2 aliphatic heterocycles. The number of urea groups is 1. The molecular formula is C22H29ClFN3O3. The summed E-state index contributed by atoms with van der Waals surface area (Å²) in [7, 11) is 0. The number of benzene rings is 1. The topological polar surface area (TPSA) is 61.9 Å². The fourth-order valence-electron chi connectivity index (χ4n) is 4.47. The van der Waals surface area contributed by atoms with Gasteiger partial charge < -0.3 is 19.9 Å². The third-order valence-electron chi connectivity index (χ3n) is 6.31. The molecule has 30 heavy (non-hydrogen) atoms. The minimum absolute atomic E-state index is 0.00526. The fourth-order valence-corrected chi connectivity index (χ4v) is 4.62. The number of halogens is 2. The average molecular weight is 438 g/mol. The first kappa shape index (κ1) is 21.4. The van der Waals surface area contributed by atoms with Gasteiger partial charge in [-0.3, -0.25) is 4.79 Å². The maximum absolute atomic E-state index is 14.2. The Balaban J connectivity index is 1.40. The quantitative estimate of drug-likeness (QED) is 0.767. The van der Waals surface area contributed by atoms with Crippen LogP contribution < -0.4 is 5.32 Å². The molecule has 0 spiro atoms. The number of rotatable bonds is 5. The van der Waals surface area contributed by atoms with Gasteiger partial charge in [0.2, 0.25) is 5.91 Å². The molecular weight excluding hydrogens is 409 g/mol. The zero-order valence-corrected chi connectivity index (χ0v) is 18.1. The van der Waals surface area contributed by atoms with Crippen molar-refractivity contribution < 1.29 is 18.7 Å². The van der Waals surface area contributed by atoms with Crippen molar-refractivity contribution in [3.8, 4) is 0 Å². The van der Waals surface area contributed by atoms with Crippen molar-refractivity contribution in [1.29, 1.82) is 0 Å². The van der Waals surface area contributed by atoms with Gasteiger partial charge in [-0.25, -0.2) is 9.18 Å². The molecule has 3 fully saturated rings. The second-order valence-electron chi connectivity index (χ2n) is 8.63. The smallest absolute Gasteiger partial charge is 0.318 e. The predicted octanol–water partition coefficient (Wildman–Crippen LogP) is 3.49. The van der Waals surface area contributed by atoms with Crippen LogP contribution in [0.4, 0.5) is 9.18 Å². The summed E-state index contributed by atoms with van der Waals surface area (Å²) in [5, 5.41) is 3.26. The van der Waals surface area contributed by atoms with Gasteiger partial charge in [-0.1, -0.05) is 11.6 Å². The molecule has 3 aliphatic rings. The van der Waals surface area contributed by atoms with E-state index in [1.807, 2.05) is 16.7 Å². The molecule has 2 saturated heterocycles. The molecule has 3 amide bonds. The number of nitrogens with zero attached hydrogens (tertiary/aromatic N) is 2. The van der Waals surface area contributed by atoms with Crippen molar-refractivity contribution in [2.24, 2.45) is 5.92 Å². The Morgan fingerprint density at radius 2 is 2.07 bits per heavy atom. The Morgan fingerprint density at radius 1 is 1.27 bits per heavy atom. The van der Waals surface area contributed by atoms with Crippen LogP contribution in [0, 0.1) is 18.7 Å². The normalized spacial score (nSPS) is 24.0. The van der Waals surface area contributed by atoms with Gasteiger partial charge in [0, 0.05) is 42.9 Å². The van der Waals surface area contributed by atoms with Crippen LogP contribution in [0.5, 0.6) is 0 Å². The first-order valence-electron chi connectivity index (χ1n) is 10.8. The van der Waals surface area contributed by atoms with Gasteiger partial charge in [0.05, 0.1) is 18.6 Å². The molecule has 0 unspecified atom stereocenters.